The first kappa shape index (κ1) is 14.2. The Labute approximate surface area is 123 Å². The van der Waals surface area contributed by atoms with Crippen LogP contribution >= 0.6 is 15.9 Å². The normalized spacial score (nSPS) is 10.1. The molecule has 1 N–H and O–H groups in total. The minimum Gasteiger partial charge on any atom is -0.322 e. The lowest BCUT2D eigenvalue weighted by Crippen LogP contribution is -2.11. The monoisotopic (exact) mass is 334 g/mol. The van der Waals surface area contributed by atoms with Crippen LogP contribution < -0.4 is 5.32 Å². The van der Waals surface area contributed by atoms with Crippen molar-refractivity contribution in [2.24, 2.45) is 0 Å². The van der Waals surface area contributed by atoms with E-state index in [0.29, 0.717) is 11.3 Å². The summed E-state index contributed by atoms with van der Waals surface area (Å²) in [6, 6.07) is 11.0. The summed E-state index contributed by atoms with van der Waals surface area (Å²) in [6.45, 7) is 1.92. The van der Waals surface area contributed by atoms with Gasteiger partial charge in [-0.2, -0.15) is 0 Å². The number of benzene rings is 2. The Morgan fingerprint density at radius 2 is 1.85 bits per heavy atom. The molecule has 2 aromatic carbocycles. The topological polar surface area (TPSA) is 72.2 Å². The molecule has 2 rings (SSSR count). The van der Waals surface area contributed by atoms with Crippen LogP contribution in [0.5, 0.6) is 0 Å². The molecule has 0 aliphatic heterocycles. The van der Waals surface area contributed by atoms with E-state index in [1.807, 2.05) is 19.1 Å². The Bertz CT molecular complexity index is 648. The molecule has 20 heavy (non-hydrogen) atoms. The molecule has 0 aliphatic rings. The van der Waals surface area contributed by atoms with Crippen molar-refractivity contribution in [2.75, 3.05) is 5.32 Å². The zero-order chi connectivity index (χ0) is 14.7. The van der Waals surface area contributed by atoms with Gasteiger partial charge in [0.1, 0.15) is 0 Å². The van der Waals surface area contributed by atoms with Crippen molar-refractivity contribution in [1.82, 2.24) is 0 Å². The molecule has 2 aromatic rings. The fourth-order valence-corrected chi connectivity index (χ4v) is 2.35. The highest BCUT2D eigenvalue weighted by molar-refractivity contribution is 9.10. The fourth-order valence-electron chi connectivity index (χ4n) is 1.75. The number of carbonyl (C=O) groups is 1. The largest absolute Gasteiger partial charge is 0.322 e. The summed E-state index contributed by atoms with van der Waals surface area (Å²) in [5.74, 6) is -0.308. The summed E-state index contributed by atoms with van der Waals surface area (Å²) in [4.78, 5) is 22.1. The lowest BCUT2D eigenvalue weighted by molar-refractivity contribution is -0.384. The third-order valence-electron chi connectivity index (χ3n) is 2.64. The van der Waals surface area contributed by atoms with E-state index in [0.717, 1.165) is 10.0 Å². The molecular formula is C14H11BrN2O3. The molecule has 5 nitrogen and oxygen atoms in total. The summed E-state index contributed by atoms with van der Waals surface area (Å²) >= 11 is 3.36. The third-order valence-corrected chi connectivity index (χ3v) is 3.10. The quantitative estimate of drug-likeness (QED) is 0.683. The summed E-state index contributed by atoms with van der Waals surface area (Å²) < 4.78 is 0.872. The molecule has 102 valence electrons. The predicted octanol–water partition coefficient (Wildman–Crippen LogP) is 3.92. The maximum absolute atomic E-state index is 12.0. The zero-order valence-electron chi connectivity index (χ0n) is 10.6. The number of nitrogens with one attached hydrogen (secondary N) is 1. The van der Waals surface area contributed by atoms with Gasteiger partial charge in [0.05, 0.1) is 4.92 Å². The van der Waals surface area contributed by atoms with Crippen molar-refractivity contribution in [3.8, 4) is 0 Å². The van der Waals surface area contributed by atoms with Crippen molar-refractivity contribution in [2.45, 2.75) is 6.92 Å². The van der Waals surface area contributed by atoms with E-state index in [1.54, 1.807) is 6.07 Å². The van der Waals surface area contributed by atoms with Gasteiger partial charge in [0.2, 0.25) is 0 Å². The van der Waals surface area contributed by atoms with Crippen molar-refractivity contribution >= 4 is 33.2 Å². The minimum absolute atomic E-state index is 0.0418. The molecule has 0 saturated carbocycles. The molecule has 0 radical (unpaired) electrons. The highest BCUT2D eigenvalue weighted by Crippen LogP contribution is 2.20. The molecular weight excluding hydrogens is 324 g/mol. The highest BCUT2D eigenvalue weighted by atomic mass is 79.9. The molecule has 0 aliphatic carbocycles. The summed E-state index contributed by atoms with van der Waals surface area (Å²) in [7, 11) is 0. The molecule has 6 heteroatoms. The van der Waals surface area contributed by atoms with E-state index in [9.17, 15) is 14.9 Å². The number of nitrogens with zero attached hydrogens (tertiary/aromatic N) is 1. The smallest absolute Gasteiger partial charge is 0.269 e. The number of nitro benzene ring substituents is 1. The summed E-state index contributed by atoms with van der Waals surface area (Å²) in [5, 5.41) is 13.3. The van der Waals surface area contributed by atoms with E-state index in [4.69, 9.17) is 0 Å². The van der Waals surface area contributed by atoms with Crippen molar-refractivity contribution in [1.29, 1.82) is 0 Å². The SMILES string of the molecule is Cc1cc(Br)cc(NC(=O)c2ccc([N+](=O)[O-])cc2)c1. The molecule has 0 atom stereocenters. The highest BCUT2D eigenvalue weighted by Gasteiger charge is 2.10. The number of anilines is 1. The van der Waals surface area contributed by atoms with E-state index < -0.39 is 4.92 Å². The van der Waals surface area contributed by atoms with Gasteiger partial charge in [-0.3, -0.25) is 14.9 Å². The number of hydrogen-bond donors (Lipinski definition) is 1. The Kier molecular flexibility index (Phi) is 4.14. The first-order valence-electron chi connectivity index (χ1n) is 5.79. The molecule has 0 unspecified atom stereocenters. The predicted molar refractivity (Wildman–Crippen MR) is 79.9 cm³/mol. The lowest BCUT2D eigenvalue weighted by atomic mass is 10.1. The van der Waals surface area contributed by atoms with Gasteiger partial charge in [0, 0.05) is 27.9 Å². The number of carbonyl (C=O) groups excluding carboxylic acids is 1. The van der Waals surface area contributed by atoms with Gasteiger partial charge in [-0.05, 0) is 42.8 Å². The van der Waals surface area contributed by atoms with E-state index >= 15 is 0 Å². The Balaban J connectivity index is 2.17. The van der Waals surface area contributed by atoms with Crippen LogP contribution in [0.2, 0.25) is 0 Å². The van der Waals surface area contributed by atoms with Crippen LogP contribution in [0.25, 0.3) is 0 Å². The number of rotatable bonds is 3. The first-order valence-corrected chi connectivity index (χ1v) is 6.58. The average Bonchev–Trinajstić information content (AvgIpc) is 2.37. The van der Waals surface area contributed by atoms with E-state index in [-0.39, 0.29) is 11.6 Å². The number of halogens is 1. The Morgan fingerprint density at radius 1 is 1.20 bits per heavy atom. The van der Waals surface area contributed by atoms with Crippen LogP contribution in [0, 0.1) is 17.0 Å². The van der Waals surface area contributed by atoms with Gasteiger partial charge >= 0.3 is 0 Å². The van der Waals surface area contributed by atoms with Crippen LogP contribution in [0.4, 0.5) is 11.4 Å². The summed E-state index contributed by atoms with van der Waals surface area (Å²) in [5.41, 5.74) is 2.01. The van der Waals surface area contributed by atoms with Crippen LogP contribution in [-0.2, 0) is 0 Å². The Morgan fingerprint density at radius 3 is 2.40 bits per heavy atom. The van der Waals surface area contributed by atoms with Crippen molar-refractivity contribution < 1.29 is 9.72 Å². The van der Waals surface area contributed by atoms with Crippen molar-refractivity contribution in [3.63, 3.8) is 0 Å². The van der Waals surface area contributed by atoms with Crippen LogP contribution in [-0.4, -0.2) is 10.8 Å². The molecule has 0 spiro atoms. The molecule has 1 amide bonds. The van der Waals surface area contributed by atoms with E-state index in [1.165, 1.54) is 24.3 Å². The number of aryl methyl sites for hydroxylation is 1. The van der Waals surface area contributed by atoms with Crippen LogP contribution in [0.1, 0.15) is 15.9 Å². The second-order valence-electron chi connectivity index (χ2n) is 4.28. The molecule has 0 saturated heterocycles. The first-order chi connectivity index (χ1) is 9.45. The number of amides is 1. The van der Waals surface area contributed by atoms with Gasteiger partial charge in [-0.15, -0.1) is 0 Å². The lowest BCUT2D eigenvalue weighted by Gasteiger charge is -2.07. The molecule has 0 aromatic heterocycles. The van der Waals surface area contributed by atoms with Gasteiger partial charge in [0.15, 0.2) is 0 Å². The summed E-state index contributed by atoms with van der Waals surface area (Å²) in [6.07, 6.45) is 0. The third kappa shape index (κ3) is 3.42. The van der Waals surface area contributed by atoms with Gasteiger partial charge in [-0.1, -0.05) is 15.9 Å². The minimum atomic E-state index is -0.501. The second-order valence-corrected chi connectivity index (χ2v) is 5.19. The number of hydrogen-bond acceptors (Lipinski definition) is 3. The number of nitro groups is 1. The van der Waals surface area contributed by atoms with Gasteiger partial charge < -0.3 is 5.32 Å². The zero-order valence-corrected chi connectivity index (χ0v) is 12.2. The van der Waals surface area contributed by atoms with Crippen LogP contribution in [0.3, 0.4) is 0 Å². The van der Waals surface area contributed by atoms with Crippen LogP contribution in [0.15, 0.2) is 46.9 Å². The fraction of sp³-hybridized carbons (Fsp3) is 0.0714. The van der Waals surface area contributed by atoms with Gasteiger partial charge in [-0.25, -0.2) is 0 Å². The molecule has 0 fully saturated rings. The standard InChI is InChI=1S/C14H11BrN2O3/c1-9-6-11(15)8-12(7-9)16-14(18)10-2-4-13(5-3-10)17(19)20/h2-8H,1H3,(H,16,18). The maximum atomic E-state index is 12.0. The van der Waals surface area contributed by atoms with Crippen molar-refractivity contribution in [3.05, 3.63) is 68.2 Å². The van der Waals surface area contributed by atoms with Gasteiger partial charge in [0.25, 0.3) is 11.6 Å². The van der Waals surface area contributed by atoms with E-state index in [2.05, 4.69) is 21.2 Å². The maximum Gasteiger partial charge on any atom is 0.269 e. The average molecular weight is 335 g/mol. The second kappa shape index (κ2) is 5.83. The Hall–Kier alpha value is -2.21. The molecule has 0 heterocycles. The number of non-ortho nitro benzene ring substituents is 1. The molecule has 0 bridgehead atoms.